The van der Waals surface area contributed by atoms with Gasteiger partial charge in [0.05, 0.1) is 24.6 Å². The molecule has 0 bridgehead atoms. The molecule has 1 aromatic rings. The van der Waals surface area contributed by atoms with Crippen molar-refractivity contribution in [2.45, 2.75) is 0 Å². The molecule has 2 aliphatic heterocycles. The lowest BCUT2D eigenvalue weighted by molar-refractivity contribution is 0.0391. The number of hydrogen-bond donors (Lipinski definition) is 0. The average Bonchev–Trinajstić information content (AvgIpc) is 2.60. The molecule has 2 heterocycles. The van der Waals surface area contributed by atoms with Crippen LogP contribution in [0.15, 0.2) is 24.3 Å². The van der Waals surface area contributed by atoms with Crippen LogP contribution in [-0.2, 0) is 4.74 Å². The number of rotatable bonds is 3. The number of benzene rings is 1. The van der Waals surface area contributed by atoms with Crippen LogP contribution in [0.1, 0.15) is 0 Å². The first-order valence-corrected chi connectivity index (χ1v) is 8.30. The van der Waals surface area contributed by atoms with E-state index < -0.39 is 0 Å². The van der Waals surface area contributed by atoms with Crippen molar-refractivity contribution in [3.05, 3.63) is 24.3 Å². The van der Waals surface area contributed by atoms with Crippen molar-refractivity contribution in [3.8, 4) is 0 Å². The van der Waals surface area contributed by atoms with Crippen molar-refractivity contribution in [2.24, 2.45) is 0 Å². The number of fused-ring (bicyclic) bond motifs is 1. The molecule has 6 nitrogen and oxygen atoms in total. The number of nitrogens with zero attached hydrogens (tertiary/aromatic N) is 4. The van der Waals surface area contributed by atoms with Gasteiger partial charge in [-0.2, -0.15) is 0 Å². The summed E-state index contributed by atoms with van der Waals surface area (Å²) in [5.74, 6) is 0. The summed E-state index contributed by atoms with van der Waals surface area (Å²) in [4.78, 5) is 20.7. The van der Waals surface area contributed by atoms with Crippen LogP contribution in [0.4, 0.5) is 16.2 Å². The number of carbonyl (C=O) groups excluding carboxylic acids is 1. The second-order valence-electron chi connectivity index (χ2n) is 6.26. The molecule has 1 aromatic carbocycles. The molecule has 3 rings (SSSR count). The average molecular weight is 318 g/mol. The first-order valence-electron chi connectivity index (χ1n) is 8.30. The highest BCUT2D eigenvalue weighted by Crippen LogP contribution is 2.33. The minimum Gasteiger partial charge on any atom is -0.379 e. The van der Waals surface area contributed by atoms with Crippen molar-refractivity contribution in [2.75, 3.05) is 76.4 Å². The van der Waals surface area contributed by atoms with Gasteiger partial charge in [-0.3, -0.25) is 9.80 Å². The molecule has 0 saturated carbocycles. The second kappa shape index (κ2) is 7.19. The second-order valence-corrected chi connectivity index (χ2v) is 6.26. The van der Waals surface area contributed by atoms with Gasteiger partial charge in [-0.25, -0.2) is 4.79 Å². The zero-order valence-corrected chi connectivity index (χ0v) is 14.1. The molecule has 0 aromatic heterocycles. The largest absolute Gasteiger partial charge is 0.379 e. The van der Waals surface area contributed by atoms with Gasteiger partial charge in [-0.05, 0) is 12.1 Å². The molecule has 0 radical (unpaired) electrons. The van der Waals surface area contributed by atoms with E-state index in [1.807, 2.05) is 23.1 Å². The lowest BCUT2D eigenvalue weighted by Crippen LogP contribution is -2.49. The Labute approximate surface area is 138 Å². The van der Waals surface area contributed by atoms with Crippen LogP contribution in [-0.4, -0.2) is 82.4 Å². The number of morpholine rings is 1. The van der Waals surface area contributed by atoms with Gasteiger partial charge in [-0.15, -0.1) is 0 Å². The van der Waals surface area contributed by atoms with E-state index in [0.717, 1.165) is 63.9 Å². The fourth-order valence-electron chi connectivity index (χ4n) is 3.18. The Kier molecular flexibility index (Phi) is 5.03. The standard InChI is InChI=1S/C17H26N4O2/c1-18(2)17(22)21-10-9-20(15-5-3-4-6-16(15)21)8-7-19-11-13-23-14-12-19/h3-6H,7-14H2,1-2H3. The number of urea groups is 1. The summed E-state index contributed by atoms with van der Waals surface area (Å²) in [6, 6.07) is 8.25. The quantitative estimate of drug-likeness (QED) is 0.843. The number of hydrogen-bond acceptors (Lipinski definition) is 4. The summed E-state index contributed by atoms with van der Waals surface area (Å²) in [7, 11) is 3.60. The molecule has 23 heavy (non-hydrogen) atoms. The third-order valence-electron chi connectivity index (χ3n) is 4.51. The highest BCUT2D eigenvalue weighted by Gasteiger charge is 2.27. The zero-order valence-electron chi connectivity index (χ0n) is 14.1. The predicted octanol–water partition coefficient (Wildman–Crippen LogP) is 1.33. The fourth-order valence-corrected chi connectivity index (χ4v) is 3.18. The maximum Gasteiger partial charge on any atom is 0.324 e. The molecule has 2 amide bonds. The molecule has 2 aliphatic rings. The maximum atomic E-state index is 12.4. The third kappa shape index (κ3) is 3.59. The van der Waals surface area contributed by atoms with E-state index in [4.69, 9.17) is 4.74 Å². The van der Waals surface area contributed by atoms with Gasteiger partial charge in [0.25, 0.3) is 0 Å². The molecular weight excluding hydrogens is 292 g/mol. The molecule has 0 N–H and O–H groups in total. The van der Waals surface area contributed by atoms with Crippen molar-refractivity contribution < 1.29 is 9.53 Å². The molecule has 0 atom stereocenters. The lowest BCUT2D eigenvalue weighted by atomic mass is 10.1. The summed E-state index contributed by atoms with van der Waals surface area (Å²) in [6.45, 7) is 7.34. The Morgan fingerprint density at radius 1 is 1.04 bits per heavy atom. The van der Waals surface area contributed by atoms with Crippen LogP contribution in [0.3, 0.4) is 0 Å². The first kappa shape index (κ1) is 16.1. The Hall–Kier alpha value is -1.79. The molecule has 6 heteroatoms. The number of ether oxygens (including phenoxy) is 1. The summed E-state index contributed by atoms with van der Waals surface area (Å²) < 4.78 is 5.41. The molecule has 0 spiro atoms. The van der Waals surface area contributed by atoms with Gasteiger partial charge in [0.2, 0.25) is 0 Å². The highest BCUT2D eigenvalue weighted by atomic mass is 16.5. The van der Waals surface area contributed by atoms with E-state index in [2.05, 4.69) is 15.9 Å². The zero-order chi connectivity index (χ0) is 16.2. The molecular formula is C17H26N4O2. The van der Waals surface area contributed by atoms with E-state index >= 15 is 0 Å². The molecule has 1 fully saturated rings. The van der Waals surface area contributed by atoms with Gasteiger partial charge >= 0.3 is 6.03 Å². The van der Waals surface area contributed by atoms with Gasteiger partial charge < -0.3 is 14.5 Å². The Morgan fingerprint density at radius 3 is 2.43 bits per heavy atom. The van der Waals surface area contributed by atoms with E-state index in [1.54, 1.807) is 19.0 Å². The molecule has 126 valence electrons. The van der Waals surface area contributed by atoms with Crippen molar-refractivity contribution in [3.63, 3.8) is 0 Å². The van der Waals surface area contributed by atoms with Gasteiger partial charge in [0.15, 0.2) is 0 Å². The van der Waals surface area contributed by atoms with Gasteiger partial charge in [-0.1, -0.05) is 12.1 Å². The van der Waals surface area contributed by atoms with Crippen LogP contribution in [0.2, 0.25) is 0 Å². The SMILES string of the molecule is CN(C)C(=O)N1CCN(CCN2CCOCC2)c2ccccc21. The highest BCUT2D eigenvalue weighted by molar-refractivity contribution is 5.96. The van der Waals surface area contributed by atoms with E-state index in [9.17, 15) is 4.79 Å². The minimum atomic E-state index is 0.0466. The minimum absolute atomic E-state index is 0.0466. The Bertz CT molecular complexity index is 543. The smallest absolute Gasteiger partial charge is 0.324 e. The Morgan fingerprint density at radius 2 is 1.74 bits per heavy atom. The number of amides is 2. The predicted molar refractivity (Wildman–Crippen MR) is 92.3 cm³/mol. The van der Waals surface area contributed by atoms with E-state index in [-0.39, 0.29) is 6.03 Å². The van der Waals surface area contributed by atoms with E-state index in [0.29, 0.717) is 0 Å². The summed E-state index contributed by atoms with van der Waals surface area (Å²) >= 11 is 0. The van der Waals surface area contributed by atoms with Crippen molar-refractivity contribution in [1.82, 2.24) is 9.80 Å². The lowest BCUT2D eigenvalue weighted by Gasteiger charge is -2.39. The van der Waals surface area contributed by atoms with Crippen LogP contribution >= 0.6 is 0 Å². The Balaban J connectivity index is 1.70. The molecule has 0 unspecified atom stereocenters. The maximum absolute atomic E-state index is 12.4. The topological polar surface area (TPSA) is 39.3 Å². The monoisotopic (exact) mass is 318 g/mol. The fraction of sp³-hybridized carbons (Fsp3) is 0.588. The van der Waals surface area contributed by atoms with Crippen LogP contribution < -0.4 is 9.80 Å². The number of carbonyl (C=O) groups is 1. The molecule has 1 saturated heterocycles. The van der Waals surface area contributed by atoms with Crippen molar-refractivity contribution in [1.29, 1.82) is 0 Å². The normalized spacial score (nSPS) is 18.7. The summed E-state index contributed by atoms with van der Waals surface area (Å²) in [5, 5.41) is 0. The number of anilines is 2. The van der Waals surface area contributed by atoms with Gasteiger partial charge in [0.1, 0.15) is 0 Å². The van der Waals surface area contributed by atoms with Crippen molar-refractivity contribution >= 4 is 17.4 Å². The summed E-state index contributed by atoms with van der Waals surface area (Å²) in [6.07, 6.45) is 0. The number of para-hydroxylation sites is 2. The van der Waals surface area contributed by atoms with Gasteiger partial charge in [0, 0.05) is 53.4 Å². The summed E-state index contributed by atoms with van der Waals surface area (Å²) in [5.41, 5.74) is 2.17. The van der Waals surface area contributed by atoms with Crippen LogP contribution in [0.25, 0.3) is 0 Å². The third-order valence-corrected chi connectivity index (χ3v) is 4.51. The first-order chi connectivity index (χ1) is 11.2. The van der Waals surface area contributed by atoms with E-state index in [1.165, 1.54) is 0 Å². The molecule has 0 aliphatic carbocycles. The van der Waals surface area contributed by atoms with Crippen LogP contribution in [0.5, 0.6) is 0 Å². The van der Waals surface area contributed by atoms with Crippen LogP contribution in [0, 0.1) is 0 Å².